The minimum Gasteiger partial charge on any atom is -0.379 e. The number of hydrazone groups is 1. The fourth-order valence-electron chi connectivity index (χ4n) is 4.84. The highest BCUT2D eigenvalue weighted by molar-refractivity contribution is 7.12. The first-order valence-electron chi connectivity index (χ1n) is 12.7. The van der Waals surface area contributed by atoms with Crippen LogP contribution in [0, 0.1) is 6.92 Å². The van der Waals surface area contributed by atoms with Crippen molar-refractivity contribution in [2.45, 2.75) is 19.4 Å². The molecule has 0 spiro atoms. The Hall–Kier alpha value is -3.27. The number of hydrogen-bond acceptors (Lipinski definition) is 6. The van der Waals surface area contributed by atoms with Gasteiger partial charge in [0, 0.05) is 45.8 Å². The van der Waals surface area contributed by atoms with Crippen LogP contribution in [0.25, 0.3) is 0 Å². The molecule has 2 aliphatic heterocycles. The van der Waals surface area contributed by atoms with E-state index in [2.05, 4.69) is 36.1 Å². The van der Waals surface area contributed by atoms with Crippen molar-refractivity contribution in [1.29, 1.82) is 0 Å². The largest absolute Gasteiger partial charge is 0.379 e. The van der Waals surface area contributed by atoms with Crippen LogP contribution in [-0.4, -0.2) is 82.8 Å². The smallest absolute Gasteiger partial charge is 0.264 e. The first-order valence-corrected chi connectivity index (χ1v) is 13.6. The van der Waals surface area contributed by atoms with Crippen LogP contribution in [-0.2, 0) is 16.6 Å². The Morgan fingerprint density at radius 2 is 1.89 bits per heavy atom. The Kier molecular flexibility index (Phi) is 7.83. The van der Waals surface area contributed by atoms with Gasteiger partial charge in [-0.2, -0.15) is 5.10 Å². The van der Waals surface area contributed by atoms with Gasteiger partial charge in [0.25, 0.3) is 11.8 Å². The number of hydrogen-bond donors (Lipinski definition) is 0. The number of rotatable bonds is 8. The van der Waals surface area contributed by atoms with E-state index in [-0.39, 0.29) is 24.4 Å². The molecule has 1 aromatic carbocycles. The minimum absolute atomic E-state index is 0.0205. The molecule has 2 amide bonds. The van der Waals surface area contributed by atoms with Crippen molar-refractivity contribution < 1.29 is 14.3 Å². The molecule has 9 heteroatoms. The van der Waals surface area contributed by atoms with Gasteiger partial charge in [-0.05, 0) is 36.1 Å². The summed E-state index contributed by atoms with van der Waals surface area (Å²) in [5.74, 6) is -0.295. The van der Waals surface area contributed by atoms with Gasteiger partial charge in [-0.15, -0.1) is 11.3 Å². The molecule has 2 aliphatic rings. The second-order valence-electron chi connectivity index (χ2n) is 9.58. The minimum atomic E-state index is -0.212. The van der Waals surface area contributed by atoms with Gasteiger partial charge in [0.1, 0.15) is 6.54 Å². The second-order valence-corrected chi connectivity index (χ2v) is 10.5. The third-order valence-electron chi connectivity index (χ3n) is 7.00. The molecule has 5 rings (SSSR count). The number of carbonyl (C=O) groups excluding carboxylic acids is 2. The molecule has 8 nitrogen and oxygen atoms in total. The third-order valence-corrected chi connectivity index (χ3v) is 7.86. The zero-order valence-corrected chi connectivity index (χ0v) is 22.2. The molecule has 4 heterocycles. The van der Waals surface area contributed by atoms with Crippen LogP contribution >= 0.6 is 11.3 Å². The number of aryl methyl sites for hydroxylation is 2. The fraction of sp³-hybridized carbons (Fsp3) is 0.393. The van der Waals surface area contributed by atoms with Crippen LogP contribution in [0.15, 0.2) is 65.2 Å². The lowest BCUT2D eigenvalue weighted by molar-refractivity contribution is -0.133. The number of aromatic nitrogens is 1. The molecule has 1 atom stereocenters. The molecule has 194 valence electrons. The van der Waals surface area contributed by atoms with Gasteiger partial charge in [-0.25, -0.2) is 5.01 Å². The van der Waals surface area contributed by atoms with E-state index >= 15 is 0 Å². The van der Waals surface area contributed by atoms with Gasteiger partial charge >= 0.3 is 0 Å². The summed E-state index contributed by atoms with van der Waals surface area (Å²) in [6.07, 6.45) is 2.61. The Balaban J connectivity index is 1.39. The molecule has 1 saturated heterocycles. The van der Waals surface area contributed by atoms with Gasteiger partial charge in [-0.1, -0.05) is 35.9 Å². The molecule has 0 saturated carbocycles. The molecule has 0 aliphatic carbocycles. The Labute approximate surface area is 221 Å². The highest BCUT2D eigenvalue weighted by Crippen LogP contribution is 2.33. The summed E-state index contributed by atoms with van der Waals surface area (Å²) in [4.78, 5) is 31.8. The average Bonchev–Trinajstić information content (AvgIpc) is 3.68. The second kappa shape index (κ2) is 11.4. The SMILES string of the molecule is Cc1ccc([C@H]2CC(c3cccn3C)=NN2C(=O)CN(CCN2CCOCC2)C(=O)c2cccs2)cc1. The van der Waals surface area contributed by atoms with Crippen molar-refractivity contribution in [3.8, 4) is 0 Å². The summed E-state index contributed by atoms with van der Waals surface area (Å²) in [5.41, 5.74) is 4.07. The third kappa shape index (κ3) is 5.84. The number of carbonyl (C=O) groups is 2. The first-order chi connectivity index (χ1) is 18.0. The van der Waals surface area contributed by atoms with E-state index in [4.69, 9.17) is 9.84 Å². The van der Waals surface area contributed by atoms with Crippen molar-refractivity contribution in [3.63, 3.8) is 0 Å². The lowest BCUT2D eigenvalue weighted by Crippen LogP contribution is -2.46. The Morgan fingerprint density at radius 3 is 2.57 bits per heavy atom. The van der Waals surface area contributed by atoms with E-state index in [1.165, 1.54) is 16.9 Å². The fourth-order valence-corrected chi connectivity index (χ4v) is 5.53. The van der Waals surface area contributed by atoms with Crippen LogP contribution in [0.4, 0.5) is 0 Å². The predicted octanol–water partition coefficient (Wildman–Crippen LogP) is 3.55. The molecule has 3 aromatic rings. The lowest BCUT2D eigenvalue weighted by atomic mass is 9.99. The molecule has 0 unspecified atom stereocenters. The topological polar surface area (TPSA) is 70.4 Å². The normalized spacial score (nSPS) is 18.2. The van der Waals surface area contributed by atoms with Crippen molar-refractivity contribution in [3.05, 3.63) is 81.8 Å². The van der Waals surface area contributed by atoms with E-state index in [1.807, 2.05) is 47.5 Å². The molecule has 1 fully saturated rings. The average molecular weight is 520 g/mol. The molecule has 0 N–H and O–H groups in total. The first kappa shape index (κ1) is 25.4. The number of thiophene rings is 1. The van der Waals surface area contributed by atoms with Gasteiger partial charge in [0.2, 0.25) is 0 Å². The maximum absolute atomic E-state index is 13.8. The summed E-state index contributed by atoms with van der Waals surface area (Å²) >= 11 is 1.40. The summed E-state index contributed by atoms with van der Waals surface area (Å²) < 4.78 is 7.48. The summed E-state index contributed by atoms with van der Waals surface area (Å²) in [6.45, 7) is 6.26. The van der Waals surface area contributed by atoms with Crippen LogP contribution in [0.3, 0.4) is 0 Å². The van der Waals surface area contributed by atoms with Crippen molar-refractivity contribution in [1.82, 2.24) is 19.4 Å². The van der Waals surface area contributed by atoms with Gasteiger partial charge in [-0.3, -0.25) is 14.5 Å². The Morgan fingerprint density at radius 1 is 1.11 bits per heavy atom. The highest BCUT2D eigenvalue weighted by atomic mass is 32.1. The number of nitrogens with zero attached hydrogens (tertiary/aromatic N) is 5. The Bertz CT molecular complexity index is 1250. The van der Waals surface area contributed by atoms with Gasteiger partial charge in [0.15, 0.2) is 0 Å². The zero-order valence-electron chi connectivity index (χ0n) is 21.4. The monoisotopic (exact) mass is 519 g/mol. The van der Waals surface area contributed by atoms with Gasteiger partial charge < -0.3 is 14.2 Å². The molecule has 0 radical (unpaired) electrons. The zero-order chi connectivity index (χ0) is 25.8. The van der Waals surface area contributed by atoms with E-state index in [1.54, 1.807) is 9.91 Å². The van der Waals surface area contributed by atoms with E-state index in [0.29, 0.717) is 37.6 Å². The highest BCUT2D eigenvalue weighted by Gasteiger charge is 2.35. The van der Waals surface area contributed by atoms with E-state index < -0.39 is 0 Å². The van der Waals surface area contributed by atoms with E-state index in [0.717, 1.165) is 30.1 Å². The standard InChI is InChI=1S/C28H33N5O3S/c1-21-7-9-22(10-8-21)25-19-23(24-5-3-11-30(24)2)29-33(25)27(34)20-32(28(35)26-6-4-18-37-26)13-12-31-14-16-36-17-15-31/h3-11,18,25H,12-17,19-20H2,1-2H3/t25-/m1/s1. The van der Waals surface area contributed by atoms with Crippen LogP contribution in [0.2, 0.25) is 0 Å². The summed E-state index contributed by atoms with van der Waals surface area (Å²) in [6, 6.07) is 15.7. The van der Waals surface area contributed by atoms with Crippen LogP contribution in [0.1, 0.15) is 39.0 Å². The maximum atomic E-state index is 13.8. The van der Waals surface area contributed by atoms with Crippen LogP contribution in [0.5, 0.6) is 0 Å². The van der Waals surface area contributed by atoms with Crippen molar-refractivity contribution in [2.75, 3.05) is 45.9 Å². The molecule has 37 heavy (non-hydrogen) atoms. The van der Waals surface area contributed by atoms with Gasteiger partial charge in [0.05, 0.1) is 35.5 Å². The molecule has 2 aromatic heterocycles. The number of benzene rings is 1. The number of amides is 2. The quantitative estimate of drug-likeness (QED) is 0.457. The van der Waals surface area contributed by atoms with Crippen LogP contribution < -0.4 is 0 Å². The molecular weight excluding hydrogens is 486 g/mol. The maximum Gasteiger partial charge on any atom is 0.264 e. The number of morpholine rings is 1. The lowest BCUT2D eigenvalue weighted by Gasteiger charge is -2.31. The predicted molar refractivity (Wildman–Crippen MR) is 145 cm³/mol. The van der Waals surface area contributed by atoms with E-state index in [9.17, 15) is 9.59 Å². The van der Waals surface area contributed by atoms with Crippen molar-refractivity contribution in [2.24, 2.45) is 12.1 Å². The molecule has 0 bridgehead atoms. The molecular formula is C28H33N5O3S. The summed E-state index contributed by atoms with van der Waals surface area (Å²) in [7, 11) is 1.98. The van der Waals surface area contributed by atoms with Crippen molar-refractivity contribution >= 4 is 28.9 Å². The summed E-state index contributed by atoms with van der Waals surface area (Å²) in [5, 5.41) is 8.30. The number of ether oxygens (including phenoxy) is 1.